The lowest BCUT2D eigenvalue weighted by atomic mass is 9.87. The first kappa shape index (κ1) is 35.3. The van der Waals surface area contributed by atoms with E-state index in [0.29, 0.717) is 41.8 Å². The number of piperidine rings is 1. The van der Waals surface area contributed by atoms with Gasteiger partial charge in [-0.15, -0.1) is 0 Å². The third kappa shape index (κ3) is 7.51. The third-order valence-corrected chi connectivity index (χ3v) is 11.1. The van der Waals surface area contributed by atoms with Crippen LogP contribution < -0.4 is 20.3 Å². The Balaban J connectivity index is 0.000000160. The molecule has 1 aliphatic carbocycles. The van der Waals surface area contributed by atoms with Crippen LogP contribution in [0.15, 0.2) is 73.3 Å². The molecule has 3 fully saturated rings. The van der Waals surface area contributed by atoms with Gasteiger partial charge in [0.1, 0.15) is 5.75 Å². The summed E-state index contributed by atoms with van der Waals surface area (Å²) in [6, 6.07) is 15.6. The zero-order valence-electron chi connectivity index (χ0n) is 30.5. The number of likely N-dealkylation sites (tertiary alicyclic amines) is 1. The quantitative estimate of drug-likeness (QED) is 0.159. The number of nitrogens with one attached hydrogen (secondary N) is 3. The minimum Gasteiger partial charge on any atom is -0.496 e. The van der Waals surface area contributed by atoms with E-state index in [1.165, 1.54) is 83.6 Å². The van der Waals surface area contributed by atoms with Crippen molar-refractivity contribution >= 4 is 56.8 Å². The predicted octanol–water partition coefficient (Wildman–Crippen LogP) is 6.56. The Morgan fingerprint density at radius 2 is 1.81 bits per heavy atom. The number of fused-ring (bicyclic) bond motifs is 3. The van der Waals surface area contributed by atoms with Crippen LogP contribution in [0.25, 0.3) is 27.5 Å². The number of carbonyl (C=O) groups is 3. The topological polar surface area (TPSA) is 155 Å². The van der Waals surface area contributed by atoms with Crippen molar-refractivity contribution < 1.29 is 19.1 Å². The lowest BCUT2D eigenvalue weighted by Gasteiger charge is -2.34. The van der Waals surface area contributed by atoms with E-state index >= 15 is 0 Å². The van der Waals surface area contributed by atoms with Gasteiger partial charge in [0.15, 0.2) is 11.5 Å². The van der Waals surface area contributed by atoms with E-state index in [1.54, 1.807) is 52.3 Å². The average Bonchev–Trinajstić information content (AvgIpc) is 3.96. The molecule has 4 aromatic heterocycles. The zero-order valence-corrected chi connectivity index (χ0v) is 30.5. The summed E-state index contributed by atoms with van der Waals surface area (Å²) >= 11 is 0. The smallest absolute Gasteiger partial charge is 0.328 e. The molecule has 3 N–H and O–H groups in total. The number of imide groups is 1. The van der Waals surface area contributed by atoms with Gasteiger partial charge in [-0.1, -0.05) is 32.1 Å². The van der Waals surface area contributed by atoms with Crippen molar-refractivity contribution in [2.45, 2.75) is 63.8 Å². The van der Waals surface area contributed by atoms with E-state index < -0.39 is 0 Å². The molecule has 9 rings (SSSR count). The molecule has 14 heteroatoms. The van der Waals surface area contributed by atoms with Crippen molar-refractivity contribution in [3.63, 3.8) is 0 Å². The van der Waals surface area contributed by atoms with Gasteiger partial charge >= 0.3 is 6.03 Å². The molecule has 54 heavy (non-hydrogen) atoms. The van der Waals surface area contributed by atoms with Gasteiger partial charge in [0.2, 0.25) is 5.91 Å². The van der Waals surface area contributed by atoms with Crippen LogP contribution >= 0.6 is 0 Å². The summed E-state index contributed by atoms with van der Waals surface area (Å²) in [5.41, 5.74) is 3.95. The number of ether oxygens (including phenoxy) is 1. The first-order valence-corrected chi connectivity index (χ1v) is 19.0. The first-order chi connectivity index (χ1) is 26.4. The Morgan fingerprint density at radius 1 is 0.963 bits per heavy atom. The van der Waals surface area contributed by atoms with E-state index in [9.17, 15) is 14.4 Å². The number of carbonyl (C=O) groups excluding carboxylic acids is 3. The maximum Gasteiger partial charge on any atom is 0.328 e. The van der Waals surface area contributed by atoms with Gasteiger partial charge in [-0.25, -0.2) is 9.78 Å². The maximum atomic E-state index is 12.6. The number of urea groups is 1. The number of anilines is 2. The van der Waals surface area contributed by atoms with E-state index in [-0.39, 0.29) is 17.8 Å². The fourth-order valence-corrected chi connectivity index (χ4v) is 8.13. The third-order valence-electron chi connectivity index (χ3n) is 11.1. The summed E-state index contributed by atoms with van der Waals surface area (Å²) in [6.45, 7) is 4.10. The summed E-state index contributed by atoms with van der Waals surface area (Å²) in [5.74, 6) is 1.41. The number of methoxy groups -OCH3 is 1. The van der Waals surface area contributed by atoms with Crippen LogP contribution in [0.4, 0.5) is 16.3 Å². The van der Waals surface area contributed by atoms with E-state index in [4.69, 9.17) is 4.74 Å². The fourth-order valence-electron chi connectivity index (χ4n) is 8.13. The molecule has 6 aromatic rings. The largest absolute Gasteiger partial charge is 0.496 e. The Labute approximate surface area is 312 Å². The number of imidazole rings is 1. The Hall–Kier alpha value is -5.76. The number of H-pyrrole nitrogens is 1. The molecule has 0 radical (unpaired) electrons. The van der Waals surface area contributed by atoms with Crippen LogP contribution in [0.2, 0.25) is 0 Å². The Kier molecular flexibility index (Phi) is 10.2. The second kappa shape index (κ2) is 15.7. The number of hydrogen-bond acceptors (Lipinski definition) is 8. The molecule has 0 atom stereocenters. The highest BCUT2D eigenvalue weighted by Gasteiger charge is 2.26. The second-order valence-corrected chi connectivity index (χ2v) is 14.5. The van der Waals surface area contributed by atoms with Crippen molar-refractivity contribution in [2.24, 2.45) is 5.92 Å². The van der Waals surface area contributed by atoms with Crippen LogP contribution in [0.3, 0.4) is 0 Å². The summed E-state index contributed by atoms with van der Waals surface area (Å²) < 4.78 is 9.29. The lowest BCUT2D eigenvalue weighted by Crippen LogP contribution is -2.49. The first-order valence-electron chi connectivity index (χ1n) is 19.0. The molecule has 2 saturated heterocycles. The average molecular weight is 731 g/mol. The van der Waals surface area contributed by atoms with Crippen LogP contribution in [-0.4, -0.2) is 85.4 Å². The monoisotopic (exact) mass is 730 g/mol. The van der Waals surface area contributed by atoms with Gasteiger partial charge in [0.05, 0.1) is 30.6 Å². The van der Waals surface area contributed by atoms with Gasteiger partial charge in [-0.3, -0.25) is 24.9 Å². The number of hydrogen-bond donors (Lipinski definition) is 3. The normalized spacial score (nSPS) is 17.5. The summed E-state index contributed by atoms with van der Waals surface area (Å²) in [6.07, 6.45) is 18.4. The molecule has 280 valence electrons. The second-order valence-electron chi connectivity index (χ2n) is 14.5. The van der Waals surface area contributed by atoms with Crippen molar-refractivity contribution in [3.8, 4) is 5.75 Å². The standard InChI is InChI=1S/C25H34N4O2.C15H12N6O2/c30-24-12-17-29(25(31)26-24)22-6-7-23-20(18-22)9-16-28(23)21-10-14-27(15-11-21)13-8-19-4-2-1-3-5-19;1-23-12-6-11-9(7-17-20-11)5-10(12)15(22)19-14-8-16-13-3-2-4-18-21(13)14/h6-7,9,16,18-19,21H,1-5,8,10-15,17H2,(H,26,30,31);2-8H,1H3,(H,17,20)(H,19,22). The molecule has 0 bridgehead atoms. The minimum atomic E-state index is -0.323. The van der Waals surface area contributed by atoms with E-state index in [0.717, 1.165) is 27.9 Å². The zero-order chi connectivity index (χ0) is 37.0. The SMILES string of the molecule is COc1cc2[nH]ncc2cc1C(=O)Nc1cnc2cccnn12.O=C1CCN(c2ccc3c(ccn3C3CCN(CCC4CCCCC4)CC3)c2)C(=O)N1. The van der Waals surface area contributed by atoms with Gasteiger partial charge in [-0.2, -0.15) is 14.7 Å². The lowest BCUT2D eigenvalue weighted by molar-refractivity contribution is -0.120. The molecular weight excluding hydrogens is 685 g/mol. The molecule has 2 aliphatic heterocycles. The molecule has 0 unspecified atom stereocenters. The number of benzene rings is 2. The summed E-state index contributed by atoms with van der Waals surface area (Å²) in [7, 11) is 1.52. The highest BCUT2D eigenvalue weighted by Crippen LogP contribution is 2.32. The maximum absolute atomic E-state index is 12.6. The molecule has 6 heterocycles. The highest BCUT2D eigenvalue weighted by atomic mass is 16.5. The number of rotatable bonds is 8. The Bertz CT molecular complexity index is 2280. The predicted molar refractivity (Wildman–Crippen MR) is 207 cm³/mol. The number of nitrogens with zero attached hydrogens (tertiary/aromatic N) is 7. The highest BCUT2D eigenvalue weighted by molar-refractivity contribution is 6.08. The summed E-state index contributed by atoms with van der Waals surface area (Å²) in [4.78, 5) is 44.7. The van der Waals surface area contributed by atoms with Crippen LogP contribution in [0.1, 0.15) is 74.2 Å². The number of aromatic amines is 1. The Morgan fingerprint density at radius 3 is 2.63 bits per heavy atom. The van der Waals surface area contributed by atoms with E-state index in [1.807, 2.05) is 6.07 Å². The van der Waals surface area contributed by atoms with Crippen molar-refractivity contribution in [1.29, 1.82) is 0 Å². The van der Waals surface area contributed by atoms with Gasteiger partial charge < -0.3 is 19.5 Å². The molecular formula is C40H46N10O4. The van der Waals surface area contributed by atoms with E-state index in [2.05, 4.69) is 64.8 Å². The van der Waals surface area contributed by atoms with Crippen molar-refractivity contribution in [1.82, 2.24) is 39.6 Å². The number of aromatic nitrogens is 6. The van der Waals surface area contributed by atoms with Gasteiger partial charge in [-0.05, 0) is 74.2 Å². The van der Waals surface area contributed by atoms with Crippen LogP contribution in [-0.2, 0) is 4.79 Å². The van der Waals surface area contributed by atoms with Crippen molar-refractivity contribution in [3.05, 3.63) is 78.9 Å². The molecule has 1 saturated carbocycles. The molecule has 2 aromatic carbocycles. The molecule has 4 amide bonds. The summed E-state index contributed by atoms with van der Waals surface area (Å²) in [5, 5.41) is 18.2. The molecule has 3 aliphatic rings. The number of amides is 4. The molecule has 0 spiro atoms. The minimum absolute atomic E-state index is 0.196. The van der Waals surface area contributed by atoms with Crippen molar-refractivity contribution in [2.75, 3.05) is 43.5 Å². The molecule has 14 nitrogen and oxygen atoms in total. The van der Waals surface area contributed by atoms with Gasteiger partial charge in [0, 0.05) is 72.5 Å². The van der Waals surface area contributed by atoms with Gasteiger partial charge in [0.25, 0.3) is 5.91 Å². The van der Waals surface area contributed by atoms with Crippen LogP contribution in [0, 0.1) is 5.92 Å². The fraction of sp³-hybridized carbons (Fsp3) is 0.400. The van der Waals surface area contributed by atoms with Crippen LogP contribution in [0.5, 0.6) is 5.75 Å².